The Labute approximate surface area is 80.6 Å². The van der Waals surface area contributed by atoms with Gasteiger partial charge in [0.1, 0.15) is 11.5 Å². The largest absolute Gasteiger partial charge is 0.250 e. The number of halogens is 1. The van der Waals surface area contributed by atoms with Gasteiger partial charge in [-0.25, -0.2) is 9.97 Å². The van der Waals surface area contributed by atoms with E-state index in [0.717, 1.165) is 23.1 Å². The molecule has 0 bridgehead atoms. The Bertz CT molecular complexity index is 449. The lowest BCUT2D eigenvalue weighted by Crippen LogP contribution is -1.92. The van der Waals surface area contributed by atoms with Gasteiger partial charge in [-0.05, 0) is 6.42 Å². The van der Waals surface area contributed by atoms with Crippen LogP contribution in [0.1, 0.15) is 12.6 Å². The molecular formula is C8H9ClN4. The molecule has 0 atom stereocenters. The summed E-state index contributed by atoms with van der Waals surface area (Å²) in [4.78, 5) is 8.05. The average Bonchev–Trinajstić information content (AvgIpc) is 2.45. The van der Waals surface area contributed by atoms with Crippen molar-refractivity contribution in [3.63, 3.8) is 0 Å². The number of nitrogens with zero attached hydrogens (tertiary/aromatic N) is 4. The van der Waals surface area contributed by atoms with Gasteiger partial charge in [-0.2, -0.15) is 5.10 Å². The van der Waals surface area contributed by atoms with E-state index in [2.05, 4.69) is 15.1 Å². The van der Waals surface area contributed by atoms with E-state index in [1.807, 2.05) is 14.0 Å². The molecule has 0 saturated heterocycles. The molecule has 0 saturated carbocycles. The maximum atomic E-state index is 5.95. The number of rotatable bonds is 1. The molecule has 0 amide bonds. The van der Waals surface area contributed by atoms with Gasteiger partial charge in [-0.3, -0.25) is 4.68 Å². The summed E-state index contributed by atoms with van der Waals surface area (Å²) >= 11 is 5.95. The van der Waals surface area contributed by atoms with Crippen LogP contribution in [0.15, 0.2) is 6.33 Å². The van der Waals surface area contributed by atoms with Gasteiger partial charge in [-0.15, -0.1) is 0 Å². The van der Waals surface area contributed by atoms with Crippen molar-refractivity contribution in [2.24, 2.45) is 7.05 Å². The molecule has 2 aromatic rings. The molecule has 0 aromatic carbocycles. The van der Waals surface area contributed by atoms with Crippen molar-refractivity contribution in [3.05, 3.63) is 17.2 Å². The molecule has 0 radical (unpaired) electrons. The molecule has 0 fully saturated rings. The Kier molecular flexibility index (Phi) is 1.92. The lowest BCUT2D eigenvalue weighted by molar-refractivity contribution is 0.761. The van der Waals surface area contributed by atoms with Gasteiger partial charge < -0.3 is 0 Å². The monoisotopic (exact) mass is 196 g/mol. The van der Waals surface area contributed by atoms with Crippen molar-refractivity contribution >= 4 is 22.6 Å². The van der Waals surface area contributed by atoms with Crippen LogP contribution in [0.3, 0.4) is 0 Å². The van der Waals surface area contributed by atoms with E-state index < -0.39 is 0 Å². The molecule has 68 valence electrons. The summed E-state index contributed by atoms with van der Waals surface area (Å²) in [5, 5.41) is 5.65. The van der Waals surface area contributed by atoms with E-state index in [4.69, 9.17) is 11.6 Å². The highest BCUT2D eigenvalue weighted by Crippen LogP contribution is 2.22. The molecule has 2 heterocycles. The predicted molar refractivity (Wildman–Crippen MR) is 50.7 cm³/mol. The van der Waals surface area contributed by atoms with Crippen molar-refractivity contribution in [2.45, 2.75) is 13.3 Å². The van der Waals surface area contributed by atoms with E-state index in [1.165, 1.54) is 6.33 Å². The molecule has 0 N–H and O–H groups in total. The fraction of sp³-hybridized carbons (Fsp3) is 0.375. The van der Waals surface area contributed by atoms with Gasteiger partial charge in [0.2, 0.25) is 0 Å². The first-order valence-corrected chi connectivity index (χ1v) is 4.44. The van der Waals surface area contributed by atoms with Crippen LogP contribution in [0.4, 0.5) is 0 Å². The van der Waals surface area contributed by atoms with Gasteiger partial charge in [0.05, 0.1) is 11.1 Å². The van der Waals surface area contributed by atoms with Gasteiger partial charge in [-0.1, -0.05) is 18.5 Å². The highest BCUT2D eigenvalue weighted by molar-refractivity contribution is 6.34. The first-order valence-electron chi connectivity index (χ1n) is 4.06. The lowest BCUT2D eigenvalue weighted by Gasteiger charge is -1.93. The van der Waals surface area contributed by atoms with Gasteiger partial charge in [0.25, 0.3) is 0 Å². The maximum Gasteiger partial charge on any atom is 0.162 e. The van der Waals surface area contributed by atoms with E-state index >= 15 is 0 Å². The minimum absolute atomic E-state index is 0.481. The number of aryl methyl sites for hydroxylation is 2. The molecule has 2 aromatic heterocycles. The van der Waals surface area contributed by atoms with Gasteiger partial charge >= 0.3 is 0 Å². The Morgan fingerprint density at radius 3 is 2.92 bits per heavy atom. The van der Waals surface area contributed by atoms with Crippen molar-refractivity contribution in [2.75, 3.05) is 0 Å². The third-order valence-corrected chi connectivity index (χ3v) is 2.27. The van der Waals surface area contributed by atoms with Gasteiger partial charge in [0, 0.05) is 7.05 Å². The van der Waals surface area contributed by atoms with Crippen LogP contribution in [-0.4, -0.2) is 19.7 Å². The van der Waals surface area contributed by atoms with Crippen LogP contribution in [0.25, 0.3) is 11.0 Å². The zero-order valence-corrected chi connectivity index (χ0v) is 8.21. The third kappa shape index (κ3) is 1.18. The van der Waals surface area contributed by atoms with Crippen molar-refractivity contribution in [1.82, 2.24) is 19.7 Å². The average molecular weight is 197 g/mol. The lowest BCUT2D eigenvalue weighted by atomic mass is 10.2. The van der Waals surface area contributed by atoms with E-state index in [-0.39, 0.29) is 0 Å². The van der Waals surface area contributed by atoms with Crippen LogP contribution >= 0.6 is 11.6 Å². The Morgan fingerprint density at radius 1 is 1.46 bits per heavy atom. The molecule has 13 heavy (non-hydrogen) atoms. The second-order valence-corrected chi connectivity index (χ2v) is 3.14. The van der Waals surface area contributed by atoms with E-state index in [9.17, 15) is 0 Å². The van der Waals surface area contributed by atoms with Crippen LogP contribution < -0.4 is 0 Å². The number of hydrogen-bond acceptors (Lipinski definition) is 3. The summed E-state index contributed by atoms with van der Waals surface area (Å²) in [6.45, 7) is 2.03. The minimum atomic E-state index is 0.481. The minimum Gasteiger partial charge on any atom is -0.250 e. The Morgan fingerprint density at radius 2 is 2.23 bits per heavy atom. The standard InChI is InChI=1S/C8H9ClN4/c1-3-5-6-7(9)10-4-11-8(6)13(2)12-5/h4H,3H2,1-2H3. The van der Waals surface area contributed by atoms with Crippen LogP contribution in [0.5, 0.6) is 0 Å². The summed E-state index contributed by atoms with van der Waals surface area (Å²) in [5.74, 6) is 0. The normalized spacial score (nSPS) is 11.0. The molecule has 0 unspecified atom stereocenters. The molecule has 0 spiro atoms. The van der Waals surface area contributed by atoms with Crippen LogP contribution in [-0.2, 0) is 13.5 Å². The number of aromatic nitrogens is 4. The number of fused-ring (bicyclic) bond motifs is 1. The second kappa shape index (κ2) is 2.96. The summed E-state index contributed by atoms with van der Waals surface area (Å²) in [5.41, 5.74) is 1.74. The Balaban J connectivity index is 2.89. The zero-order chi connectivity index (χ0) is 9.42. The molecule has 0 aliphatic heterocycles. The highest BCUT2D eigenvalue weighted by Gasteiger charge is 2.11. The topological polar surface area (TPSA) is 43.6 Å². The quantitative estimate of drug-likeness (QED) is 0.651. The molecule has 0 aliphatic carbocycles. The summed E-state index contributed by atoms with van der Waals surface area (Å²) < 4.78 is 1.72. The molecular weight excluding hydrogens is 188 g/mol. The van der Waals surface area contributed by atoms with E-state index in [0.29, 0.717) is 5.15 Å². The number of hydrogen-bond donors (Lipinski definition) is 0. The first-order chi connectivity index (χ1) is 6.24. The molecule has 2 rings (SSSR count). The Hall–Kier alpha value is -1.16. The van der Waals surface area contributed by atoms with Crippen molar-refractivity contribution in [1.29, 1.82) is 0 Å². The predicted octanol–water partition coefficient (Wildman–Crippen LogP) is 1.58. The summed E-state index contributed by atoms with van der Waals surface area (Å²) in [6, 6.07) is 0. The molecule has 0 aliphatic rings. The highest BCUT2D eigenvalue weighted by atomic mass is 35.5. The molecule has 4 nitrogen and oxygen atoms in total. The van der Waals surface area contributed by atoms with Crippen molar-refractivity contribution < 1.29 is 0 Å². The molecule has 5 heteroatoms. The van der Waals surface area contributed by atoms with Crippen LogP contribution in [0.2, 0.25) is 5.15 Å². The third-order valence-electron chi connectivity index (χ3n) is 1.98. The maximum absolute atomic E-state index is 5.95. The van der Waals surface area contributed by atoms with Crippen molar-refractivity contribution in [3.8, 4) is 0 Å². The summed E-state index contributed by atoms with van der Waals surface area (Å²) in [7, 11) is 1.85. The smallest absolute Gasteiger partial charge is 0.162 e. The summed E-state index contributed by atoms with van der Waals surface area (Å²) in [6.07, 6.45) is 2.29. The van der Waals surface area contributed by atoms with Crippen LogP contribution in [0, 0.1) is 0 Å². The SMILES string of the molecule is CCc1nn(C)c2ncnc(Cl)c12. The first kappa shape index (κ1) is 8.44. The fourth-order valence-electron chi connectivity index (χ4n) is 1.37. The van der Waals surface area contributed by atoms with E-state index in [1.54, 1.807) is 4.68 Å². The van der Waals surface area contributed by atoms with Gasteiger partial charge in [0.15, 0.2) is 5.65 Å². The zero-order valence-electron chi connectivity index (χ0n) is 7.45. The second-order valence-electron chi connectivity index (χ2n) is 2.79. The fourth-order valence-corrected chi connectivity index (χ4v) is 1.61.